The first-order valence-corrected chi connectivity index (χ1v) is 6.54. The largest absolute Gasteiger partial charge is 0.490 e. The summed E-state index contributed by atoms with van der Waals surface area (Å²) < 4.78 is 18.8. The zero-order valence-corrected chi connectivity index (χ0v) is 11.4. The molecule has 0 spiro atoms. The molecule has 0 aromatic carbocycles. The summed E-state index contributed by atoms with van der Waals surface area (Å²) in [4.78, 5) is 3.85. The predicted molar refractivity (Wildman–Crippen MR) is 69.9 cm³/mol. The van der Waals surface area contributed by atoms with Gasteiger partial charge >= 0.3 is 0 Å². The Kier molecular flexibility index (Phi) is 9.40. The standard InChI is InChI=1S/C12H18FNO.C2H6/c1-3-5-6-10-8-14-9-11(13)12(10)15-7-4-2;1-2/h8-9H,3-7H2,1-2H3;1-2H3. The van der Waals surface area contributed by atoms with E-state index in [0.29, 0.717) is 12.4 Å². The fraction of sp³-hybridized carbons (Fsp3) is 0.643. The molecule has 1 aromatic rings. The lowest BCUT2D eigenvalue weighted by atomic mass is 10.1. The number of hydrogen-bond acceptors (Lipinski definition) is 2. The van der Waals surface area contributed by atoms with Crippen molar-refractivity contribution in [1.29, 1.82) is 0 Å². The zero-order chi connectivity index (χ0) is 13.1. The Labute approximate surface area is 104 Å². The summed E-state index contributed by atoms with van der Waals surface area (Å²) >= 11 is 0. The lowest BCUT2D eigenvalue weighted by molar-refractivity contribution is 0.296. The van der Waals surface area contributed by atoms with E-state index in [2.05, 4.69) is 11.9 Å². The van der Waals surface area contributed by atoms with E-state index in [1.54, 1.807) is 6.20 Å². The molecular formula is C14H24FNO. The summed E-state index contributed by atoms with van der Waals surface area (Å²) in [7, 11) is 0. The minimum Gasteiger partial charge on any atom is -0.490 e. The molecule has 0 amide bonds. The van der Waals surface area contributed by atoms with Gasteiger partial charge in [0.1, 0.15) is 0 Å². The number of hydrogen-bond donors (Lipinski definition) is 0. The Hall–Kier alpha value is -1.12. The Morgan fingerprint density at radius 2 is 1.88 bits per heavy atom. The molecule has 0 unspecified atom stereocenters. The van der Waals surface area contributed by atoms with Crippen LogP contribution in [0.25, 0.3) is 0 Å². The first-order valence-electron chi connectivity index (χ1n) is 6.54. The van der Waals surface area contributed by atoms with E-state index >= 15 is 0 Å². The van der Waals surface area contributed by atoms with Crippen LogP contribution >= 0.6 is 0 Å². The molecule has 0 N–H and O–H groups in total. The summed E-state index contributed by atoms with van der Waals surface area (Å²) in [5.41, 5.74) is 0.880. The molecule has 3 heteroatoms. The molecule has 17 heavy (non-hydrogen) atoms. The second kappa shape index (κ2) is 10.1. The van der Waals surface area contributed by atoms with Crippen molar-refractivity contribution in [1.82, 2.24) is 4.98 Å². The lowest BCUT2D eigenvalue weighted by Crippen LogP contribution is -2.02. The second-order valence-corrected chi connectivity index (χ2v) is 3.56. The van der Waals surface area contributed by atoms with Crippen molar-refractivity contribution in [3.63, 3.8) is 0 Å². The average molecular weight is 241 g/mol. The highest BCUT2D eigenvalue weighted by Gasteiger charge is 2.09. The maximum atomic E-state index is 13.4. The number of aryl methyl sites for hydroxylation is 1. The van der Waals surface area contributed by atoms with Crippen molar-refractivity contribution in [2.75, 3.05) is 6.61 Å². The minimum absolute atomic E-state index is 0.350. The molecule has 0 aliphatic rings. The van der Waals surface area contributed by atoms with Crippen LogP contribution in [0.15, 0.2) is 12.4 Å². The molecule has 0 saturated heterocycles. The first-order chi connectivity index (χ1) is 8.29. The third-order valence-electron chi connectivity index (χ3n) is 2.18. The van der Waals surface area contributed by atoms with Gasteiger partial charge in [0.2, 0.25) is 0 Å². The number of pyridine rings is 1. The van der Waals surface area contributed by atoms with E-state index < -0.39 is 0 Å². The normalized spacial score (nSPS) is 9.47. The maximum Gasteiger partial charge on any atom is 0.183 e. The van der Waals surface area contributed by atoms with Gasteiger partial charge in [-0.2, -0.15) is 0 Å². The van der Waals surface area contributed by atoms with Gasteiger partial charge in [-0.1, -0.05) is 34.1 Å². The van der Waals surface area contributed by atoms with Crippen LogP contribution in [0.1, 0.15) is 52.5 Å². The zero-order valence-electron chi connectivity index (χ0n) is 11.4. The number of ether oxygens (including phenoxy) is 1. The summed E-state index contributed by atoms with van der Waals surface area (Å²) in [5, 5.41) is 0. The van der Waals surface area contributed by atoms with Crippen LogP contribution in [-0.2, 0) is 6.42 Å². The molecule has 1 aromatic heterocycles. The summed E-state index contributed by atoms with van der Waals surface area (Å²) in [6.07, 6.45) is 6.75. The highest BCUT2D eigenvalue weighted by molar-refractivity contribution is 5.31. The highest BCUT2D eigenvalue weighted by Crippen LogP contribution is 2.23. The van der Waals surface area contributed by atoms with Gasteiger partial charge in [-0.25, -0.2) is 4.39 Å². The minimum atomic E-state index is -0.350. The van der Waals surface area contributed by atoms with Gasteiger partial charge in [-0.3, -0.25) is 4.98 Å². The van der Waals surface area contributed by atoms with Crippen LogP contribution in [-0.4, -0.2) is 11.6 Å². The van der Waals surface area contributed by atoms with E-state index in [9.17, 15) is 4.39 Å². The van der Waals surface area contributed by atoms with E-state index in [4.69, 9.17) is 4.74 Å². The monoisotopic (exact) mass is 241 g/mol. The van der Waals surface area contributed by atoms with Crippen molar-refractivity contribution in [3.05, 3.63) is 23.8 Å². The van der Waals surface area contributed by atoms with Gasteiger partial charge in [-0.05, 0) is 19.3 Å². The Balaban J connectivity index is 0.00000121. The van der Waals surface area contributed by atoms with Gasteiger partial charge in [0.25, 0.3) is 0 Å². The molecule has 1 heterocycles. The van der Waals surface area contributed by atoms with Gasteiger partial charge in [-0.15, -0.1) is 0 Å². The average Bonchev–Trinajstić information content (AvgIpc) is 2.37. The third-order valence-corrected chi connectivity index (χ3v) is 2.18. The first kappa shape index (κ1) is 15.9. The van der Waals surface area contributed by atoms with Gasteiger partial charge in [0.05, 0.1) is 12.8 Å². The molecule has 0 atom stereocenters. The Bertz CT molecular complexity index is 302. The van der Waals surface area contributed by atoms with Crippen LogP contribution in [0.3, 0.4) is 0 Å². The summed E-state index contributed by atoms with van der Waals surface area (Å²) in [5.74, 6) is 0.0392. The van der Waals surface area contributed by atoms with E-state index in [-0.39, 0.29) is 5.82 Å². The molecule has 1 rings (SSSR count). The Morgan fingerprint density at radius 1 is 1.18 bits per heavy atom. The fourth-order valence-electron chi connectivity index (χ4n) is 1.37. The number of halogens is 1. The molecule has 98 valence electrons. The lowest BCUT2D eigenvalue weighted by Gasteiger charge is -2.10. The van der Waals surface area contributed by atoms with Crippen LogP contribution < -0.4 is 4.74 Å². The van der Waals surface area contributed by atoms with Crippen molar-refractivity contribution in [2.24, 2.45) is 0 Å². The van der Waals surface area contributed by atoms with E-state index in [1.165, 1.54) is 6.20 Å². The van der Waals surface area contributed by atoms with E-state index in [0.717, 1.165) is 31.2 Å². The van der Waals surface area contributed by atoms with Crippen LogP contribution in [0, 0.1) is 5.82 Å². The van der Waals surface area contributed by atoms with Crippen molar-refractivity contribution in [2.45, 2.75) is 53.4 Å². The molecule has 2 nitrogen and oxygen atoms in total. The molecule has 0 aliphatic carbocycles. The van der Waals surface area contributed by atoms with Crippen molar-refractivity contribution in [3.8, 4) is 5.75 Å². The molecular weight excluding hydrogens is 217 g/mol. The van der Waals surface area contributed by atoms with Crippen LogP contribution in [0.2, 0.25) is 0 Å². The van der Waals surface area contributed by atoms with Crippen LogP contribution in [0.4, 0.5) is 4.39 Å². The molecule has 0 saturated carbocycles. The summed E-state index contributed by atoms with van der Waals surface area (Å²) in [6.45, 7) is 8.67. The summed E-state index contributed by atoms with van der Waals surface area (Å²) in [6, 6.07) is 0. The molecule has 0 bridgehead atoms. The number of nitrogens with zero attached hydrogens (tertiary/aromatic N) is 1. The smallest absolute Gasteiger partial charge is 0.183 e. The molecule has 0 fully saturated rings. The van der Waals surface area contributed by atoms with Crippen molar-refractivity contribution >= 4 is 0 Å². The van der Waals surface area contributed by atoms with Crippen molar-refractivity contribution < 1.29 is 9.13 Å². The van der Waals surface area contributed by atoms with Gasteiger partial charge in [0, 0.05) is 11.8 Å². The highest BCUT2D eigenvalue weighted by atomic mass is 19.1. The van der Waals surface area contributed by atoms with Crippen LogP contribution in [0.5, 0.6) is 5.75 Å². The van der Waals surface area contributed by atoms with Gasteiger partial charge in [0.15, 0.2) is 11.6 Å². The molecule has 0 radical (unpaired) electrons. The van der Waals surface area contributed by atoms with Gasteiger partial charge < -0.3 is 4.74 Å². The number of unbranched alkanes of at least 4 members (excludes halogenated alkanes) is 1. The second-order valence-electron chi connectivity index (χ2n) is 3.56. The predicted octanol–water partition coefficient (Wildman–Crippen LogP) is 4.38. The SMILES string of the molecule is CC.CCCCc1cncc(F)c1OCCC. The maximum absolute atomic E-state index is 13.4. The van der Waals surface area contributed by atoms with E-state index in [1.807, 2.05) is 20.8 Å². The Morgan fingerprint density at radius 3 is 2.47 bits per heavy atom. The molecule has 0 aliphatic heterocycles. The quantitative estimate of drug-likeness (QED) is 0.737. The topological polar surface area (TPSA) is 22.1 Å². The number of rotatable bonds is 6. The fourth-order valence-corrected chi connectivity index (χ4v) is 1.37. The number of aromatic nitrogens is 1. The third kappa shape index (κ3) is 5.66.